The van der Waals surface area contributed by atoms with Gasteiger partial charge in [0.1, 0.15) is 13.2 Å². The topological polar surface area (TPSA) is 71.1 Å². The van der Waals surface area contributed by atoms with Crippen LogP contribution in [-0.4, -0.2) is 44.2 Å². The minimum atomic E-state index is -0.313. The van der Waals surface area contributed by atoms with Crippen molar-refractivity contribution in [2.75, 3.05) is 19.8 Å². The maximum Gasteiger partial charge on any atom is 0.302 e. The fourth-order valence-electron chi connectivity index (χ4n) is 3.79. The van der Waals surface area contributed by atoms with Gasteiger partial charge in [-0.05, 0) is 76.9 Å². The first-order valence-corrected chi connectivity index (χ1v) is 12.9. The second-order valence-electron chi connectivity index (χ2n) is 9.57. The summed E-state index contributed by atoms with van der Waals surface area (Å²) in [4.78, 5) is 22.1. The first kappa shape index (κ1) is 32.3. The molecule has 0 aromatic rings. The van der Waals surface area contributed by atoms with Crippen LogP contribution >= 0.6 is 0 Å². The summed E-state index contributed by atoms with van der Waals surface area (Å²) in [6.45, 7) is 16.7. The molecule has 0 N–H and O–H groups in total. The van der Waals surface area contributed by atoms with Crippen LogP contribution in [0.2, 0.25) is 0 Å². The number of allylic oxidation sites excluding steroid dienone is 1. The van der Waals surface area contributed by atoms with Gasteiger partial charge >= 0.3 is 11.9 Å². The van der Waals surface area contributed by atoms with Gasteiger partial charge in [-0.2, -0.15) is 0 Å². The highest BCUT2D eigenvalue weighted by atomic mass is 16.7. The molecule has 0 spiro atoms. The van der Waals surface area contributed by atoms with E-state index in [1.807, 2.05) is 19.9 Å². The molecule has 6 nitrogen and oxygen atoms in total. The quantitative estimate of drug-likeness (QED) is 0.115. The van der Waals surface area contributed by atoms with Gasteiger partial charge in [0.05, 0.1) is 6.10 Å². The molecule has 0 aliphatic rings. The van der Waals surface area contributed by atoms with Crippen molar-refractivity contribution in [1.29, 1.82) is 0 Å². The molecule has 0 aliphatic heterocycles. The highest BCUT2D eigenvalue weighted by molar-refractivity contribution is 5.66. The van der Waals surface area contributed by atoms with Crippen molar-refractivity contribution in [1.82, 2.24) is 0 Å². The zero-order chi connectivity index (χ0) is 25.9. The SMILES string of the molecule is CCOC(C)OC(CC=C(C)C)C(C)CCCC(C)CCCC(=CCOC(C)=O)COC(C)=O. The molecule has 34 heavy (non-hydrogen) atoms. The van der Waals surface area contributed by atoms with E-state index in [2.05, 4.69) is 33.8 Å². The van der Waals surface area contributed by atoms with Crippen LogP contribution in [0.15, 0.2) is 23.3 Å². The Labute approximate surface area is 208 Å². The van der Waals surface area contributed by atoms with E-state index < -0.39 is 0 Å². The summed E-state index contributed by atoms with van der Waals surface area (Å²) in [7, 11) is 0. The number of carbonyl (C=O) groups excluding carboxylic acids is 2. The molecule has 4 atom stereocenters. The second kappa shape index (κ2) is 19.6. The van der Waals surface area contributed by atoms with Crippen LogP contribution in [0.1, 0.15) is 100 Å². The van der Waals surface area contributed by atoms with E-state index in [9.17, 15) is 9.59 Å². The molecule has 4 unspecified atom stereocenters. The normalized spacial score (nSPS) is 15.2. The summed E-state index contributed by atoms with van der Waals surface area (Å²) in [5.74, 6) is 0.468. The van der Waals surface area contributed by atoms with Gasteiger partial charge in [-0.15, -0.1) is 0 Å². The zero-order valence-corrected chi connectivity index (χ0v) is 23.0. The second-order valence-corrected chi connectivity index (χ2v) is 9.57. The highest BCUT2D eigenvalue weighted by Gasteiger charge is 2.20. The number of carbonyl (C=O) groups is 2. The van der Waals surface area contributed by atoms with Crippen LogP contribution in [0.3, 0.4) is 0 Å². The molecule has 0 fully saturated rings. The molecular weight excluding hydrogens is 432 g/mol. The van der Waals surface area contributed by atoms with E-state index in [1.165, 1.54) is 32.3 Å². The molecule has 0 radical (unpaired) electrons. The fraction of sp³-hybridized carbons (Fsp3) is 0.786. The Morgan fingerprint density at radius 1 is 0.853 bits per heavy atom. The highest BCUT2D eigenvalue weighted by Crippen LogP contribution is 2.24. The number of esters is 2. The van der Waals surface area contributed by atoms with Crippen LogP contribution in [0.5, 0.6) is 0 Å². The molecule has 0 aromatic heterocycles. The lowest BCUT2D eigenvalue weighted by Crippen LogP contribution is -2.28. The minimum absolute atomic E-state index is 0.165. The van der Waals surface area contributed by atoms with E-state index in [4.69, 9.17) is 18.9 Å². The molecule has 6 heteroatoms. The van der Waals surface area contributed by atoms with E-state index in [0.717, 1.165) is 37.7 Å². The van der Waals surface area contributed by atoms with Gasteiger partial charge in [0, 0.05) is 20.5 Å². The summed E-state index contributed by atoms with van der Waals surface area (Å²) in [6.07, 6.45) is 11.4. The van der Waals surface area contributed by atoms with Crippen LogP contribution in [0.25, 0.3) is 0 Å². The maximum absolute atomic E-state index is 11.1. The standard InChI is InChI=1S/C28H50O6/c1-9-31-26(8)34-28(17-16-21(2)3)23(5)14-10-12-22(4)13-11-15-27(20-33-25(7)30)18-19-32-24(6)29/h16,18,22-23,26,28H,9-15,17,19-20H2,1-8H3. The van der Waals surface area contributed by atoms with Gasteiger partial charge < -0.3 is 18.9 Å². The van der Waals surface area contributed by atoms with Crippen molar-refractivity contribution >= 4 is 11.9 Å². The predicted octanol–water partition coefficient (Wildman–Crippen LogP) is 6.78. The Hall–Kier alpha value is -1.66. The van der Waals surface area contributed by atoms with E-state index in [-0.39, 0.29) is 37.5 Å². The molecule has 0 aromatic carbocycles. The largest absolute Gasteiger partial charge is 0.462 e. The summed E-state index contributed by atoms with van der Waals surface area (Å²) < 4.78 is 21.9. The molecule has 198 valence electrons. The molecule has 0 aliphatic carbocycles. The lowest BCUT2D eigenvalue weighted by atomic mass is 9.91. The van der Waals surface area contributed by atoms with Crippen molar-refractivity contribution in [3.63, 3.8) is 0 Å². The summed E-state index contributed by atoms with van der Waals surface area (Å²) >= 11 is 0. The fourth-order valence-corrected chi connectivity index (χ4v) is 3.79. The Kier molecular flexibility index (Phi) is 18.7. The molecular formula is C28H50O6. The summed E-state index contributed by atoms with van der Waals surface area (Å²) in [5, 5.41) is 0. The Morgan fingerprint density at radius 3 is 2.09 bits per heavy atom. The van der Waals surface area contributed by atoms with Crippen molar-refractivity contribution in [2.24, 2.45) is 11.8 Å². The molecule has 0 heterocycles. The first-order valence-electron chi connectivity index (χ1n) is 12.9. The Bertz CT molecular complexity index is 620. The average molecular weight is 483 g/mol. The number of hydrogen-bond donors (Lipinski definition) is 0. The smallest absolute Gasteiger partial charge is 0.302 e. The summed E-state index contributed by atoms with van der Waals surface area (Å²) in [5.41, 5.74) is 2.31. The van der Waals surface area contributed by atoms with E-state index in [0.29, 0.717) is 18.4 Å². The first-order chi connectivity index (χ1) is 16.0. The van der Waals surface area contributed by atoms with Gasteiger partial charge in [-0.25, -0.2) is 0 Å². The van der Waals surface area contributed by atoms with Crippen LogP contribution in [-0.2, 0) is 28.5 Å². The van der Waals surface area contributed by atoms with Crippen molar-refractivity contribution < 1.29 is 28.5 Å². The summed E-state index contributed by atoms with van der Waals surface area (Å²) in [6, 6.07) is 0. The van der Waals surface area contributed by atoms with Crippen molar-refractivity contribution in [3.05, 3.63) is 23.3 Å². The molecule has 0 saturated heterocycles. The molecule has 0 rings (SSSR count). The Balaban J connectivity index is 4.50. The third kappa shape index (κ3) is 18.7. The number of ether oxygens (including phenoxy) is 4. The van der Waals surface area contributed by atoms with E-state index in [1.54, 1.807) is 0 Å². The third-order valence-corrected chi connectivity index (χ3v) is 5.83. The maximum atomic E-state index is 11.1. The van der Waals surface area contributed by atoms with Gasteiger partial charge in [-0.1, -0.05) is 44.8 Å². The lowest BCUT2D eigenvalue weighted by Gasteiger charge is -2.27. The van der Waals surface area contributed by atoms with Crippen molar-refractivity contribution in [2.45, 2.75) is 113 Å². The van der Waals surface area contributed by atoms with Gasteiger partial charge in [0.2, 0.25) is 0 Å². The number of hydrogen-bond acceptors (Lipinski definition) is 6. The average Bonchev–Trinajstić information content (AvgIpc) is 2.74. The minimum Gasteiger partial charge on any atom is -0.462 e. The number of rotatable bonds is 19. The molecule has 0 amide bonds. The van der Waals surface area contributed by atoms with Crippen molar-refractivity contribution in [3.8, 4) is 0 Å². The Morgan fingerprint density at radius 2 is 1.50 bits per heavy atom. The van der Waals surface area contributed by atoms with Crippen LogP contribution < -0.4 is 0 Å². The zero-order valence-electron chi connectivity index (χ0n) is 23.0. The van der Waals surface area contributed by atoms with E-state index >= 15 is 0 Å². The van der Waals surface area contributed by atoms with Gasteiger partial charge in [-0.3, -0.25) is 9.59 Å². The molecule has 0 saturated carbocycles. The van der Waals surface area contributed by atoms with Gasteiger partial charge in [0.25, 0.3) is 0 Å². The predicted molar refractivity (Wildman–Crippen MR) is 137 cm³/mol. The lowest BCUT2D eigenvalue weighted by molar-refractivity contribution is -0.168. The van der Waals surface area contributed by atoms with Crippen LogP contribution in [0, 0.1) is 11.8 Å². The molecule has 0 bridgehead atoms. The third-order valence-electron chi connectivity index (χ3n) is 5.83. The van der Waals surface area contributed by atoms with Gasteiger partial charge in [0.15, 0.2) is 6.29 Å². The monoisotopic (exact) mass is 482 g/mol. The van der Waals surface area contributed by atoms with Crippen LogP contribution in [0.4, 0.5) is 0 Å².